The van der Waals surface area contributed by atoms with Gasteiger partial charge >= 0.3 is 6.18 Å². The van der Waals surface area contributed by atoms with Gasteiger partial charge in [0.2, 0.25) is 5.91 Å². The predicted molar refractivity (Wildman–Crippen MR) is 85.6 cm³/mol. The van der Waals surface area contributed by atoms with Crippen LogP contribution < -0.4 is 5.32 Å². The largest absolute Gasteiger partial charge is 0.418 e. The van der Waals surface area contributed by atoms with Gasteiger partial charge in [0.25, 0.3) is 0 Å². The van der Waals surface area contributed by atoms with Crippen molar-refractivity contribution in [1.82, 2.24) is 0 Å². The first-order valence-corrected chi connectivity index (χ1v) is 7.13. The molecule has 0 aliphatic carbocycles. The molecule has 2 rings (SSSR count). The minimum Gasteiger partial charge on any atom is -0.322 e. The van der Waals surface area contributed by atoms with Crippen LogP contribution in [0.25, 0.3) is 6.08 Å². The molecule has 0 aliphatic heterocycles. The molecule has 0 unspecified atom stereocenters. The highest BCUT2D eigenvalue weighted by atomic mass is 35.5. The molecule has 0 aliphatic rings. The molecule has 1 N–H and O–H groups in total. The second kappa shape index (κ2) is 7.06. The highest BCUT2D eigenvalue weighted by molar-refractivity contribution is 6.35. The van der Waals surface area contributed by atoms with Gasteiger partial charge in [-0.25, -0.2) is 0 Å². The van der Waals surface area contributed by atoms with E-state index in [9.17, 15) is 18.0 Å². The maximum atomic E-state index is 12.8. The van der Waals surface area contributed by atoms with Gasteiger partial charge in [-0.3, -0.25) is 4.79 Å². The van der Waals surface area contributed by atoms with E-state index >= 15 is 0 Å². The number of carbonyl (C=O) groups is 1. The number of alkyl halides is 3. The van der Waals surface area contributed by atoms with Crippen LogP contribution in [0, 0.1) is 0 Å². The quantitative estimate of drug-likeness (QED) is 0.703. The van der Waals surface area contributed by atoms with Crippen molar-refractivity contribution in [3.8, 4) is 0 Å². The molecule has 2 aromatic rings. The van der Waals surface area contributed by atoms with Crippen LogP contribution in [0.1, 0.15) is 11.1 Å². The topological polar surface area (TPSA) is 29.1 Å². The Morgan fingerprint density at radius 1 is 1.09 bits per heavy atom. The number of nitrogens with one attached hydrogen (secondary N) is 1. The highest BCUT2D eigenvalue weighted by Crippen LogP contribution is 2.34. The average Bonchev–Trinajstić information content (AvgIpc) is 2.46. The Bertz CT molecular complexity index is 757. The smallest absolute Gasteiger partial charge is 0.322 e. The molecule has 2 aromatic carbocycles. The third kappa shape index (κ3) is 4.74. The SMILES string of the molecule is O=C(C=Cc1ccc(Cl)cc1Cl)Nc1ccccc1C(F)(F)F. The summed E-state index contributed by atoms with van der Waals surface area (Å²) in [5.74, 6) is -0.701. The summed E-state index contributed by atoms with van der Waals surface area (Å²) in [6, 6.07) is 9.42. The van der Waals surface area contributed by atoms with Crippen LogP contribution in [-0.2, 0) is 11.0 Å². The molecule has 7 heteroatoms. The van der Waals surface area contributed by atoms with Gasteiger partial charge in [0, 0.05) is 16.1 Å². The first-order valence-electron chi connectivity index (χ1n) is 6.38. The van der Waals surface area contributed by atoms with Crippen LogP contribution in [0.3, 0.4) is 0 Å². The van der Waals surface area contributed by atoms with Gasteiger partial charge in [-0.1, -0.05) is 41.4 Å². The van der Waals surface area contributed by atoms with E-state index in [0.29, 0.717) is 15.6 Å². The summed E-state index contributed by atoms with van der Waals surface area (Å²) in [4.78, 5) is 11.8. The summed E-state index contributed by atoms with van der Waals surface area (Å²) < 4.78 is 38.5. The molecule has 0 fully saturated rings. The molecule has 0 heterocycles. The lowest BCUT2D eigenvalue weighted by Gasteiger charge is -2.12. The summed E-state index contributed by atoms with van der Waals surface area (Å²) in [7, 11) is 0. The Balaban J connectivity index is 2.16. The molecular formula is C16H10Cl2F3NO. The van der Waals surface area contributed by atoms with Crippen LogP contribution in [0.5, 0.6) is 0 Å². The van der Waals surface area contributed by atoms with Crippen LogP contribution in [0.2, 0.25) is 10.0 Å². The van der Waals surface area contributed by atoms with Gasteiger partial charge in [-0.2, -0.15) is 13.2 Å². The number of halogens is 5. The Morgan fingerprint density at radius 3 is 2.43 bits per heavy atom. The van der Waals surface area contributed by atoms with Crippen LogP contribution in [0.15, 0.2) is 48.5 Å². The van der Waals surface area contributed by atoms with Gasteiger partial charge in [-0.05, 0) is 35.9 Å². The number of hydrogen-bond donors (Lipinski definition) is 1. The van der Waals surface area contributed by atoms with Crippen molar-refractivity contribution in [1.29, 1.82) is 0 Å². The lowest BCUT2D eigenvalue weighted by molar-refractivity contribution is -0.136. The summed E-state index contributed by atoms with van der Waals surface area (Å²) in [5.41, 5.74) is -0.696. The predicted octanol–water partition coefficient (Wildman–Crippen LogP) is 5.66. The third-order valence-electron chi connectivity index (χ3n) is 2.87. The Hall–Kier alpha value is -1.98. The fourth-order valence-corrected chi connectivity index (χ4v) is 2.29. The fraction of sp³-hybridized carbons (Fsp3) is 0.0625. The summed E-state index contributed by atoms with van der Waals surface area (Å²) >= 11 is 11.7. The van der Waals surface area contributed by atoms with E-state index in [2.05, 4.69) is 5.32 Å². The van der Waals surface area contributed by atoms with Gasteiger partial charge in [0.1, 0.15) is 0 Å². The standard InChI is InChI=1S/C16H10Cl2F3NO/c17-11-7-5-10(13(18)9-11)6-8-15(23)22-14-4-2-1-3-12(14)16(19,20)21/h1-9H,(H,22,23). The van der Waals surface area contributed by atoms with Crippen LogP contribution in [0.4, 0.5) is 18.9 Å². The zero-order valence-electron chi connectivity index (χ0n) is 11.5. The Kier molecular flexibility index (Phi) is 5.34. The number of anilines is 1. The second-order valence-corrected chi connectivity index (χ2v) is 5.38. The van der Waals surface area contributed by atoms with Crippen molar-refractivity contribution in [2.75, 3.05) is 5.32 Å². The maximum Gasteiger partial charge on any atom is 0.418 e. The minimum absolute atomic E-state index is 0.308. The lowest BCUT2D eigenvalue weighted by atomic mass is 10.1. The summed E-state index contributed by atoms with van der Waals surface area (Å²) in [6.07, 6.45) is -2.06. The van der Waals surface area contributed by atoms with Crippen molar-refractivity contribution in [3.05, 3.63) is 69.7 Å². The molecule has 23 heavy (non-hydrogen) atoms. The van der Waals surface area contributed by atoms with E-state index in [4.69, 9.17) is 23.2 Å². The van der Waals surface area contributed by atoms with E-state index in [1.54, 1.807) is 12.1 Å². The molecule has 0 radical (unpaired) electrons. The first kappa shape index (κ1) is 17.4. The van der Waals surface area contributed by atoms with Gasteiger partial charge in [-0.15, -0.1) is 0 Å². The summed E-state index contributed by atoms with van der Waals surface area (Å²) in [5, 5.41) is 2.97. The van der Waals surface area contributed by atoms with E-state index in [1.807, 2.05) is 0 Å². The lowest BCUT2D eigenvalue weighted by Crippen LogP contribution is -2.14. The first-order chi connectivity index (χ1) is 10.8. The molecule has 0 atom stereocenters. The number of amides is 1. The van der Waals surface area contributed by atoms with E-state index < -0.39 is 17.6 Å². The molecular weight excluding hydrogens is 350 g/mol. The average molecular weight is 360 g/mol. The third-order valence-corrected chi connectivity index (χ3v) is 3.43. The molecule has 0 aromatic heterocycles. The van der Waals surface area contributed by atoms with Crippen molar-refractivity contribution >= 4 is 40.9 Å². The van der Waals surface area contributed by atoms with Crippen LogP contribution >= 0.6 is 23.2 Å². The number of rotatable bonds is 3. The normalized spacial score (nSPS) is 11.7. The zero-order chi connectivity index (χ0) is 17.0. The van der Waals surface area contributed by atoms with Crippen molar-refractivity contribution in [3.63, 3.8) is 0 Å². The van der Waals surface area contributed by atoms with Crippen molar-refractivity contribution in [2.45, 2.75) is 6.18 Å². The van der Waals surface area contributed by atoms with Crippen molar-refractivity contribution < 1.29 is 18.0 Å². The molecule has 0 spiro atoms. The Labute approximate surface area is 140 Å². The van der Waals surface area contributed by atoms with Crippen LogP contribution in [-0.4, -0.2) is 5.91 Å². The maximum absolute atomic E-state index is 12.8. The molecule has 0 bridgehead atoms. The number of hydrogen-bond acceptors (Lipinski definition) is 1. The van der Waals surface area contributed by atoms with Gasteiger partial charge in [0.05, 0.1) is 11.3 Å². The molecule has 0 saturated heterocycles. The van der Waals surface area contributed by atoms with E-state index in [0.717, 1.165) is 12.1 Å². The van der Waals surface area contributed by atoms with E-state index in [1.165, 1.54) is 30.3 Å². The molecule has 2 nitrogen and oxygen atoms in total. The molecule has 1 amide bonds. The van der Waals surface area contributed by atoms with E-state index in [-0.39, 0.29) is 5.69 Å². The Morgan fingerprint density at radius 2 is 1.78 bits per heavy atom. The number of benzene rings is 2. The molecule has 120 valence electrons. The van der Waals surface area contributed by atoms with Gasteiger partial charge in [0.15, 0.2) is 0 Å². The zero-order valence-corrected chi connectivity index (χ0v) is 13.0. The number of para-hydroxylation sites is 1. The van der Waals surface area contributed by atoms with Gasteiger partial charge < -0.3 is 5.32 Å². The molecule has 0 saturated carbocycles. The van der Waals surface area contributed by atoms with Crippen molar-refractivity contribution in [2.24, 2.45) is 0 Å². The fourth-order valence-electron chi connectivity index (χ4n) is 1.82. The highest BCUT2D eigenvalue weighted by Gasteiger charge is 2.33. The minimum atomic E-state index is -4.55. The second-order valence-electron chi connectivity index (χ2n) is 4.53. The number of carbonyl (C=O) groups excluding carboxylic acids is 1. The monoisotopic (exact) mass is 359 g/mol. The summed E-state index contributed by atoms with van der Waals surface area (Å²) in [6.45, 7) is 0.